The number of hydrogen-bond donors (Lipinski definition) is 3. The van der Waals surface area contributed by atoms with Crippen LogP contribution in [-0.2, 0) is 4.79 Å². The standard InChI is InChI=1S/C8H14F3N3O2/c9-8(10,11)6(15)4-14-2-1-13-3-5(14)7(12)16/h5-6,13,15H,1-4H2,(H2,12,16). The summed E-state index contributed by atoms with van der Waals surface area (Å²) in [6.07, 6.45) is -7.12. The van der Waals surface area contributed by atoms with E-state index >= 15 is 0 Å². The van der Waals surface area contributed by atoms with Gasteiger partial charge < -0.3 is 16.2 Å². The highest BCUT2D eigenvalue weighted by Crippen LogP contribution is 2.21. The van der Waals surface area contributed by atoms with Gasteiger partial charge in [0.15, 0.2) is 6.10 Å². The van der Waals surface area contributed by atoms with Crippen molar-refractivity contribution in [1.29, 1.82) is 0 Å². The van der Waals surface area contributed by atoms with Gasteiger partial charge in [-0.3, -0.25) is 9.69 Å². The van der Waals surface area contributed by atoms with Crippen molar-refractivity contribution in [2.75, 3.05) is 26.2 Å². The number of nitrogens with two attached hydrogens (primary N) is 1. The fraction of sp³-hybridized carbons (Fsp3) is 0.875. The van der Waals surface area contributed by atoms with E-state index in [4.69, 9.17) is 10.8 Å². The number of β-amino-alcohol motifs (C(OH)–C–C–N with tert-alkyl or cyclic N) is 1. The molecular formula is C8H14F3N3O2. The first-order valence-corrected chi connectivity index (χ1v) is 4.81. The van der Waals surface area contributed by atoms with Gasteiger partial charge in [-0.1, -0.05) is 0 Å². The van der Waals surface area contributed by atoms with Gasteiger partial charge in [-0.2, -0.15) is 13.2 Å². The van der Waals surface area contributed by atoms with E-state index in [-0.39, 0.29) is 13.1 Å². The summed E-state index contributed by atoms with van der Waals surface area (Å²) in [7, 11) is 0. The molecule has 1 heterocycles. The van der Waals surface area contributed by atoms with E-state index in [1.54, 1.807) is 0 Å². The summed E-state index contributed by atoms with van der Waals surface area (Å²) < 4.78 is 36.4. The summed E-state index contributed by atoms with van der Waals surface area (Å²) in [4.78, 5) is 12.2. The van der Waals surface area contributed by atoms with Gasteiger partial charge in [0.1, 0.15) is 6.04 Å². The molecule has 0 aromatic rings. The second kappa shape index (κ2) is 4.98. The molecule has 2 atom stereocenters. The van der Waals surface area contributed by atoms with Crippen molar-refractivity contribution in [3.63, 3.8) is 0 Å². The van der Waals surface area contributed by atoms with Crippen molar-refractivity contribution in [1.82, 2.24) is 10.2 Å². The van der Waals surface area contributed by atoms with Crippen LogP contribution < -0.4 is 11.1 Å². The van der Waals surface area contributed by atoms with Gasteiger partial charge in [0.25, 0.3) is 0 Å². The summed E-state index contributed by atoms with van der Waals surface area (Å²) in [6.45, 7) is 0.299. The molecule has 5 nitrogen and oxygen atoms in total. The highest BCUT2D eigenvalue weighted by Gasteiger charge is 2.41. The lowest BCUT2D eigenvalue weighted by Crippen LogP contribution is -2.59. The molecule has 0 radical (unpaired) electrons. The predicted octanol–water partition coefficient (Wildman–Crippen LogP) is -1.33. The lowest BCUT2D eigenvalue weighted by molar-refractivity contribution is -0.210. The van der Waals surface area contributed by atoms with Crippen LogP contribution in [0.1, 0.15) is 0 Å². The molecule has 4 N–H and O–H groups in total. The average molecular weight is 241 g/mol. The number of alkyl halides is 3. The molecule has 0 aromatic heterocycles. The van der Waals surface area contributed by atoms with Gasteiger partial charge in [0, 0.05) is 26.2 Å². The van der Waals surface area contributed by atoms with Crippen LogP contribution in [0, 0.1) is 0 Å². The zero-order chi connectivity index (χ0) is 12.3. The van der Waals surface area contributed by atoms with Crippen LogP contribution >= 0.6 is 0 Å². The van der Waals surface area contributed by atoms with Crippen LogP contribution in [0.2, 0.25) is 0 Å². The Bertz CT molecular complexity index is 259. The molecule has 0 bridgehead atoms. The molecular weight excluding hydrogens is 227 g/mol. The maximum absolute atomic E-state index is 12.1. The largest absolute Gasteiger partial charge is 0.415 e. The first-order chi connectivity index (χ1) is 7.32. The minimum absolute atomic E-state index is 0.208. The summed E-state index contributed by atoms with van der Waals surface area (Å²) in [5.41, 5.74) is 5.06. The third-order valence-electron chi connectivity index (χ3n) is 2.47. The fourth-order valence-corrected chi connectivity index (χ4v) is 1.57. The number of aliphatic hydroxyl groups is 1. The molecule has 16 heavy (non-hydrogen) atoms. The quantitative estimate of drug-likeness (QED) is 0.572. The topological polar surface area (TPSA) is 78.6 Å². The molecule has 94 valence electrons. The Morgan fingerprint density at radius 3 is 2.75 bits per heavy atom. The average Bonchev–Trinajstić information content (AvgIpc) is 2.16. The van der Waals surface area contributed by atoms with E-state index in [9.17, 15) is 18.0 Å². The van der Waals surface area contributed by atoms with Crippen LogP contribution in [0.15, 0.2) is 0 Å². The number of piperazine rings is 1. The molecule has 0 aromatic carbocycles. The Morgan fingerprint density at radius 2 is 2.25 bits per heavy atom. The highest BCUT2D eigenvalue weighted by molar-refractivity contribution is 5.80. The first kappa shape index (κ1) is 13.2. The van der Waals surface area contributed by atoms with Crippen LogP contribution in [-0.4, -0.2) is 60.4 Å². The highest BCUT2D eigenvalue weighted by atomic mass is 19.4. The molecule has 2 unspecified atom stereocenters. The number of amides is 1. The SMILES string of the molecule is NC(=O)C1CNCCN1CC(O)C(F)(F)F. The fourth-order valence-electron chi connectivity index (χ4n) is 1.57. The maximum Gasteiger partial charge on any atom is 0.415 e. The molecule has 1 saturated heterocycles. The van der Waals surface area contributed by atoms with Crippen molar-refractivity contribution in [3.8, 4) is 0 Å². The third kappa shape index (κ3) is 3.32. The smallest absolute Gasteiger partial charge is 0.382 e. The summed E-state index contributed by atoms with van der Waals surface area (Å²) in [5.74, 6) is -0.693. The number of carbonyl (C=O) groups is 1. The van der Waals surface area contributed by atoms with Crippen molar-refractivity contribution >= 4 is 5.91 Å². The summed E-state index contributed by atoms with van der Waals surface area (Å²) in [6, 6.07) is -0.800. The predicted molar refractivity (Wildman–Crippen MR) is 49.5 cm³/mol. The zero-order valence-corrected chi connectivity index (χ0v) is 8.50. The van der Waals surface area contributed by atoms with Gasteiger partial charge >= 0.3 is 6.18 Å². The number of rotatable bonds is 3. The van der Waals surface area contributed by atoms with Crippen molar-refractivity contribution in [3.05, 3.63) is 0 Å². The Morgan fingerprint density at radius 1 is 1.62 bits per heavy atom. The normalized spacial score (nSPS) is 25.4. The molecule has 1 aliphatic rings. The van der Waals surface area contributed by atoms with Crippen LogP contribution in [0.5, 0.6) is 0 Å². The molecule has 8 heteroatoms. The summed E-state index contributed by atoms with van der Waals surface area (Å²) in [5, 5.41) is 11.8. The Balaban J connectivity index is 2.59. The second-order valence-corrected chi connectivity index (χ2v) is 3.67. The minimum atomic E-state index is -4.67. The lowest BCUT2D eigenvalue weighted by Gasteiger charge is -2.35. The molecule has 1 fully saturated rings. The van der Waals surface area contributed by atoms with E-state index in [1.165, 1.54) is 4.90 Å². The maximum atomic E-state index is 12.1. The number of aliphatic hydroxyl groups excluding tert-OH is 1. The second-order valence-electron chi connectivity index (χ2n) is 3.67. The van der Waals surface area contributed by atoms with Crippen molar-refractivity contribution in [2.24, 2.45) is 5.73 Å². The van der Waals surface area contributed by atoms with E-state index < -0.39 is 30.8 Å². The van der Waals surface area contributed by atoms with E-state index in [1.807, 2.05) is 0 Å². The molecule has 1 amide bonds. The molecule has 0 spiro atoms. The zero-order valence-electron chi connectivity index (χ0n) is 8.50. The van der Waals surface area contributed by atoms with Crippen molar-refractivity contribution in [2.45, 2.75) is 18.3 Å². The van der Waals surface area contributed by atoms with E-state index in [0.29, 0.717) is 6.54 Å². The van der Waals surface area contributed by atoms with Crippen LogP contribution in [0.3, 0.4) is 0 Å². The van der Waals surface area contributed by atoms with Crippen LogP contribution in [0.25, 0.3) is 0 Å². The number of halogens is 3. The number of nitrogens with one attached hydrogen (secondary N) is 1. The number of primary amides is 1. The van der Waals surface area contributed by atoms with Gasteiger partial charge in [0.05, 0.1) is 0 Å². The third-order valence-corrected chi connectivity index (χ3v) is 2.47. The van der Waals surface area contributed by atoms with Gasteiger partial charge in [-0.05, 0) is 0 Å². The van der Waals surface area contributed by atoms with Gasteiger partial charge in [0.2, 0.25) is 5.91 Å². The Labute approximate surface area is 90.4 Å². The monoisotopic (exact) mass is 241 g/mol. The van der Waals surface area contributed by atoms with Crippen LogP contribution in [0.4, 0.5) is 13.2 Å². The molecule has 1 aliphatic heterocycles. The molecule has 0 saturated carbocycles. The van der Waals surface area contributed by atoms with Gasteiger partial charge in [-0.25, -0.2) is 0 Å². The van der Waals surface area contributed by atoms with E-state index in [0.717, 1.165) is 0 Å². The van der Waals surface area contributed by atoms with Gasteiger partial charge in [-0.15, -0.1) is 0 Å². The number of carbonyl (C=O) groups excluding carboxylic acids is 1. The number of nitrogens with zero attached hydrogens (tertiary/aromatic N) is 1. The Kier molecular flexibility index (Phi) is 4.11. The number of hydrogen-bond acceptors (Lipinski definition) is 4. The summed E-state index contributed by atoms with van der Waals surface area (Å²) >= 11 is 0. The van der Waals surface area contributed by atoms with E-state index in [2.05, 4.69) is 5.32 Å². The minimum Gasteiger partial charge on any atom is -0.382 e. The molecule has 0 aliphatic carbocycles. The molecule has 1 rings (SSSR count). The Hall–Kier alpha value is -0.860. The van der Waals surface area contributed by atoms with Crippen molar-refractivity contribution < 1.29 is 23.1 Å². The lowest BCUT2D eigenvalue weighted by atomic mass is 10.1. The first-order valence-electron chi connectivity index (χ1n) is 4.81.